The number of rotatable bonds is 12. The minimum Gasteiger partial charge on any atom is -0.355 e. The topological polar surface area (TPSA) is 86.8 Å². The third-order valence-electron chi connectivity index (χ3n) is 6.90. The Kier molecular flexibility index (Phi) is 10.9. The third kappa shape index (κ3) is 8.16. The molecular weight excluding hydrogens is 605 g/mol. The van der Waals surface area contributed by atoms with Gasteiger partial charge in [0.25, 0.3) is 10.0 Å². The first-order valence-corrected chi connectivity index (χ1v) is 16.0. The van der Waals surface area contributed by atoms with Crippen molar-refractivity contribution in [1.29, 1.82) is 0 Å². The van der Waals surface area contributed by atoms with Crippen LogP contribution in [0.15, 0.2) is 108 Å². The van der Waals surface area contributed by atoms with Gasteiger partial charge in [0.2, 0.25) is 11.8 Å². The van der Waals surface area contributed by atoms with Crippen molar-refractivity contribution in [2.45, 2.75) is 37.8 Å². The van der Waals surface area contributed by atoms with Crippen LogP contribution in [0.4, 0.5) is 5.69 Å². The molecule has 43 heavy (non-hydrogen) atoms. The molecule has 0 unspecified atom stereocenters. The summed E-state index contributed by atoms with van der Waals surface area (Å²) in [5, 5.41) is 3.24. The molecule has 0 saturated heterocycles. The zero-order valence-corrected chi connectivity index (χ0v) is 26.2. The molecule has 0 aliphatic heterocycles. The van der Waals surface area contributed by atoms with Crippen molar-refractivity contribution < 1.29 is 18.0 Å². The second kappa shape index (κ2) is 14.6. The van der Waals surface area contributed by atoms with Gasteiger partial charge >= 0.3 is 0 Å². The second-order valence-electron chi connectivity index (χ2n) is 10.0. The lowest BCUT2D eigenvalue weighted by Gasteiger charge is -2.34. The number of hydrogen-bond acceptors (Lipinski definition) is 4. The number of carbonyl (C=O) groups excluding carboxylic acids is 2. The van der Waals surface area contributed by atoms with Gasteiger partial charge in [-0.2, -0.15) is 0 Å². The third-order valence-corrected chi connectivity index (χ3v) is 9.42. The Bertz CT molecular complexity index is 1650. The van der Waals surface area contributed by atoms with E-state index in [9.17, 15) is 18.0 Å². The maximum absolute atomic E-state index is 14.3. The second-order valence-corrected chi connectivity index (χ2v) is 12.7. The number of halogens is 2. The van der Waals surface area contributed by atoms with Crippen LogP contribution in [0.3, 0.4) is 0 Å². The Morgan fingerprint density at radius 3 is 2.05 bits per heavy atom. The summed E-state index contributed by atoms with van der Waals surface area (Å²) in [5.41, 5.74) is 2.87. The Hall–Kier alpha value is -3.85. The SMILES string of the molecule is CCNC(=O)[C@H](Cc1ccccc1)N(Cc1ccc(C)cc1)C(=O)CN(c1ccc(Cl)c(Cl)c1)S(=O)(=O)c1ccccc1. The van der Waals surface area contributed by atoms with E-state index in [0.29, 0.717) is 6.54 Å². The molecule has 4 aromatic carbocycles. The molecule has 0 aliphatic carbocycles. The van der Waals surface area contributed by atoms with Crippen LogP contribution in [0.5, 0.6) is 0 Å². The van der Waals surface area contributed by atoms with Gasteiger partial charge in [-0.3, -0.25) is 13.9 Å². The molecule has 1 atom stereocenters. The summed E-state index contributed by atoms with van der Waals surface area (Å²) in [7, 11) is -4.22. The lowest BCUT2D eigenvalue weighted by Crippen LogP contribution is -2.53. The molecule has 10 heteroatoms. The number of anilines is 1. The first-order chi connectivity index (χ1) is 20.6. The van der Waals surface area contributed by atoms with E-state index in [1.165, 1.54) is 35.2 Å². The van der Waals surface area contributed by atoms with Crippen LogP contribution in [-0.4, -0.2) is 44.3 Å². The predicted molar refractivity (Wildman–Crippen MR) is 172 cm³/mol. The number of benzene rings is 4. The van der Waals surface area contributed by atoms with Crippen LogP contribution in [0, 0.1) is 6.92 Å². The first-order valence-electron chi connectivity index (χ1n) is 13.8. The highest BCUT2D eigenvalue weighted by molar-refractivity contribution is 7.92. The first kappa shape index (κ1) is 32.1. The van der Waals surface area contributed by atoms with E-state index in [2.05, 4.69) is 5.32 Å². The highest BCUT2D eigenvalue weighted by atomic mass is 35.5. The molecule has 1 N–H and O–H groups in total. The van der Waals surface area contributed by atoms with E-state index in [0.717, 1.165) is 21.0 Å². The van der Waals surface area contributed by atoms with E-state index < -0.39 is 28.5 Å². The summed E-state index contributed by atoms with van der Waals surface area (Å²) < 4.78 is 29.0. The Balaban J connectivity index is 1.80. The molecule has 7 nitrogen and oxygen atoms in total. The van der Waals surface area contributed by atoms with Gasteiger partial charge in [-0.05, 0) is 55.3 Å². The maximum atomic E-state index is 14.3. The van der Waals surface area contributed by atoms with Gasteiger partial charge in [-0.25, -0.2) is 8.42 Å². The molecular formula is C33H33Cl2N3O4S. The van der Waals surface area contributed by atoms with E-state index >= 15 is 0 Å². The smallest absolute Gasteiger partial charge is 0.264 e. The van der Waals surface area contributed by atoms with Crippen molar-refractivity contribution in [3.05, 3.63) is 130 Å². The van der Waals surface area contributed by atoms with Gasteiger partial charge in [0.15, 0.2) is 0 Å². The minimum absolute atomic E-state index is 0.00326. The molecule has 0 radical (unpaired) electrons. The zero-order chi connectivity index (χ0) is 31.0. The van der Waals surface area contributed by atoms with Gasteiger partial charge < -0.3 is 10.2 Å². The summed E-state index contributed by atoms with van der Waals surface area (Å²) in [6.45, 7) is 3.65. The largest absolute Gasteiger partial charge is 0.355 e. The number of carbonyl (C=O) groups is 2. The van der Waals surface area contributed by atoms with E-state index in [-0.39, 0.29) is 39.5 Å². The lowest BCUT2D eigenvalue weighted by molar-refractivity contribution is -0.140. The quantitative estimate of drug-likeness (QED) is 0.198. The molecule has 0 saturated carbocycles. The van der Waals surface area contributed by atoms with Gasteiger partial charge in [0, 0.05) is 19.5 Å². The fourth-order valence-electron chi connectivity index (χ4n) is 4.62. The highest BCUT2D eigenvalue weighted by Gasteiger charge is 2.34. The number of sulfonamides is 1. The van der Waals surface area contributed by atoms with Gasteiger partial charge in [-0.1, -0.05) is 102 Å². The molecule has 2 amide bonds. The fraction of sp³-hybridized carbons (Fsp3) is 0.212. The minimum atomic E-state index is -4.22. The normalized spacial score (nSPS) is 11.9. The van der Waals surface area contributed by atoms with Crippen LogP contribution in [-0.2, 0) is 32.6 Å². The fourth-order valence-corrected chi connectivity index (χ4v) is 6.34. The molecule has 4 rings (SSSR count). The van der Waals surface area contributed by atoms with Gasteiger partial charge in [-0.15, -0.1) is 0 Å². The van der Waals surface area contributed by atoms with Gasteiger partial charge in [0.05, 0.1) is 20.6 Å². The number of nitrogens with one attached hydrogen (secondary N) is 1. The van der Waals surface area contributed by atoms with Crippen molar-refractivity contribution in [1.82, 2.24) is 10.2 Å². The van der Waals surface area contributed by atoms with Gasteiger partial charge in [0.1, 0.15) is 12.6 Å². The zero-order valence-electron chi connectivity index (χ0n) is 23.9. The van der Waals surface area contributed by atoms with Crippen LogP contribution in [0.1, 0.15) is 23.6 Å². The number of hydrogen-bond donors (Lipinski definition) is 1. The van der Waals surface area contributed by atoms with Crippen molar-refractivity contribution in [3.63, 3.8) is 0 Å². The molecule has 0 bridgehead atoms. The number of nitrogens with zero attached hydrogens (tertiary/aromatic N) is 2. The molecule has 0 fully saturated rings. The predicted octanol–water partition coefficient (Wildman–Crippen LogP) is 6.27. The van der Waals surface area contributed by atoms with Crippen LogP contribution >= 0.6 is 23.2 Å². The summed E-state index contributed by atoms with van der Waals surface area (Å²) in [6.07, 6.45) is 0.239. The monoisotopic (exact) mass is 637 g/mol. The van der Waals surface area contributed by atoms with Crippen molar-refractivity contribution in [2.24, 2.45) is 0 Å². The molecule has 0 heterocycles. The van der Waals surface area contributed by atoms with Crippen LogP contribution in [0.2, 0.25) is 10.0 Å². The maximum Gasteiger partial charge on any atom is 0.264 e. The molecule has 0 aromatic heterocycles. The number of amides is 2. The average Bonchev–Trinajstić information content (AvgIpc) is 3.01. The highest BCUT2D eigenvalue weighted by Crippen LogP contribution is 2.31. The van der Waals surface area contributed by atoms with E-state index in [1.54, 1.807) is 18.2 Å². The molecule has 0 aliphatic rings. The molecule has 224 valence electrons. The number of likely N-dealkylation sites (N-methyl/N-ethyl adjacent to an activating group) is 1. The van der Waals surface area contributed by atoms with Crippen molar-refractivity contribution in [3.8, 4) is 0 Å². The van der Waals surface area contributed by atoms with E-state index in [4.69, 9.17) is 23.2 Å². The Morgan fingerprint density at radius 2 is 1.44 bits per heavy atom. The summed E-state index contributed by atoms with van der Waals surface area (Å²) >= 11 is 12.4. The molecule has 0 spiro atoms. The summed E-state index contributed by atoms with van der Waals surface area (Å²) in [6, 6.07) is 28.4. The van der Waals surface area contributed by atoms with E-state index in [1.807, 2.05) is 68.4 Å². The van der Waals surface area contributed by atoms with Crippen molar-refractivity contribution >= 4 is 50.7 Å². The van der Waals surface area contributed by atoms with Crippen LogP contribution < -0.4 is 9.62 Å². The Morgan fingerprint density at radius 1 is 0.814 bits per heavy atom. The molecule has 4 aromatic rings. The summed E-state index contributed by atoms with van der Waals surface area (Å²) in [4.78, 5) is 29.3. The average molecular weight is 639 g/mol. The Labute approximate surface area is 263 Å². The number of aryl methyl sites for hydroxylation is 1. The lowest BCUT2D eigenvalue weighted by atomic mass is 10.0. The van der Waals surface area contributed by atoms with Crippen molar-refractivity contribution in [2.75, 3.05) is 17.4 Å². The van der Waals surface area contributed by atoms with Crippen LogP contribution in [0.25, 0.3) is 0 Å². The summed E-state index contributed by atoms with van der Waals surface area (Å²) in [5.74, 6) is -0.892. The standard InChI is InChI=1S/C33H33Cl2N3O4S/c1-3-36-33(40)31(20-25-10-6-4-7-11-25)37(22-26-16-14-24(2)15-17-26)32(39)23-38(27-18-19-29(34)30(35)21-27)43(41,42)28-12-8-5-9-13-28/h4-19,21,31H,3,20,22-23H2,1-2H3,(H,36,40)/t31-/m0/s1.